The zero-order chi connectivity index (χ0) is 23.0. The van der Waals surface area contributed by atoms with Crippen LogP contribution in [0.2, 0.25) is 0 Å². The third-order valence-corrected chi connectivity index (χ3v) is 5.87. The number of nitrogens with zero attached hydrogens (tertiary/aromatic N) is 1. The molecule has 3 amide bonds. The number of benzene rings is 2. The Balaban J connectivity index is 1.22. The van der Waals surface area contributed by atoms with Gasteiger partial charge < -0.3 is 25.0 Å². The maximum absolute atomic E-state index is 12.5. The molecule has 8 nitrogen and oxygen atoms in total. The predicted octanol–water partition coefficient (Wildman–Crippen LogP) is 2.03. The van der Waals surface area contributed by atoms with Crippen molar-refractivity contribution in [3.8, 4) is 5.75 Å². The van der Waals surface area contributed by atoms with Gasteiger partial charge in [-0.2, -0.15) is 0 Å². The van der Waals surface area contributed by atoms with E-state index < -0.39 is 0 Å². The molecule has 4 rings (SSSR count). The van der Waals surface area contributed by atoms with Gasteiger partial charge in [-0.3, -0.25) is 14.4 Å². The van der Waals surface area contributed by atoms with Crippen molar-refractivity contribution in [1.82, 2.24) is 10.6 Å². The zero-order valence-corrected chi connectivity index (χ0v) is 18.5. The Morgan fingerprint density at radius 2 is 1.85 bits per heavy atom. The van der Waals surface area contributed by atoms with Gasteiger partial charge in [-0.25, -0.2) is 0 Å². The lowest BCUT2D eigenvalue weighted by molar-refractivity contribution is -0.126. The smallest absolute Gasteiger partial charge is 0.258 e. The number of ether oxygens (including phenoxy) is 2. The highest BCUT2D eigenvalue weighted by Crippen LogP contribution is 2.27. The first-order valence-electron chi connectivity index (χ1n) is 11.3. The summed E-state index contributed by atoms with van der Waals surface area (Å²) in [6.07, 6.45) is 2.25. The first-order valence-corrected chi connectivity index (χ1v) is 11.3. The van der Waals surface area contributed by atoms with Crippen LogP contribution in [0.4, 0.5) is 5.69 Å². The van der Waals surface area contributed by atoms with Gasteiger partial charge >= 0.3 is 0 Å². The number of carbonyl (C=O) groups excluding carboxylic acids is 3. The molecule has 2 aliphatic rings. The van der Waals surface area contributed by atoms with Crippen molar-refractivity contribution in [3.63, 3.8) is 0 Å². The molecule has 174 valence electrons. The van der Waals surface area contributed by atoms with E-state index in [1.807, 2.05) is 30.3 Å². The topological polar surface area (TPSA) is 97.0 Å². The van der Waals surface area contributed by atoms with Gasteiger partial charge in [0.25, 0.3) is 5.91 Å². The van der Waals surface area contributed by atoms with Crippen LogP contribution in [0.3, 0.4) is 0 Å². The van der Waals surface area contributed by atoms with E-state index in [0.717, 1.165) is 25.0 Å². The molecular weight excluding hydrogens is 422 g/mol. The van der Waals surface area contributed by atoms with Crippen molar-refractivity contribution >= 4 is 23.4 Å². The van der Waals surface area contributed by atoms with Crippen molar-refractivity contribution in [2.24, 2.45) is 5.92 Å². The van der Waals surface area contributed by atoms with Gasteiger partial charge in [0.15, 0.2) is 6.61 Å². The van der Waals surface area contributed by atoms with Crippen LogP contribution in [0.1, 0.15) is 24.8 Å². The molecule has 2 saturated heterocycles. The minimum absolute atomic E-state index is 0.0788. The molecule has 0 unspecified atom stereocenters. The van der Waals surface area contributed by atoms with Gasteiger partial charge in [0.2, 0.25) is 11.8 Å². The summed E-state index contributed by atoms with van der Waals surface area (Å²) in [7, 11) is 0. The molecule has 8 heteroatoms. The van der Waals surface area contributed by atoms with Crippen LogP contribution in [0.25, 0.3) is 0 Å². The highest BCUT2D eigenvalue weighted by atomic mass is 16.5. The fraction of sp³-hybridized carbons (Fsp3) is 0.400. The predicted molar refractivity (Wildman–Crippen MR) is 123 cm³/mol. The Morgan fingerprint density at radius 1 is 1.06 bits per heavy atom. The van der Waals surface area contributed by atoms with Crippen LogP contribution >= 0.6 is 0 Å². The lowest BCUT2D eigenvalue weighted by Crippen LogP contribution is -2.37. The lowest BCUT2D eigenvalue weighted by Gasteiger charge is -2.18. The standard InChI is InChI=1S/C25H29N3O5/c29-23(26-14-18-5-2-1-3-6-18)17-33-21-10-8-20(9-11-21)28-16-19(13-24(28)30)25(31)27-15-22-7-4-12-32-22/h1-3,5-6,8-11,19,22H,4,7,12-17H2,(H,26,29)(H,27,31)/t19-,22+/m1/s1. The summed E-state index contributed by atoms with van der Waals surface area (Å²) < 4.78 is 11.1. The molecule has 2 aromatic carbocycles. The second-order valence-electron chi connectivity index (χ2n) is 8.33. The van der Waals surface area contributed by atoms with E-state index in [-0.39, 0.29) is 42.8 Å². The van der Waals surface area contributed by atoms with Crippen LogP contribution in [0.15, 0.2) is 54.6 Å². The van der Waals surface area contributed by atoms with E-state index in [2.05, 4.69) is 10.6 Å². The first-order chi connectivity index (χ1) is 16.1. The molecule has 2 fully saturated rings. The Labute approximate surface area is 193 Å². The van der Waals surface area contributed by atoms with Crippen molar-refractivity contribution in [2.45, 2.75) is 31.9 Å². The van der Waals surface area contributed by atoms with Crippen LogP contribution in [0.5, 0.6) is 5.75 Å². The van der Waals surface area contributed by atoms with Crippen LogP contribution < -0.4 is 20.3 Å². The number of carbonyl (C=O) groups is 3. The molecule has 2 aliphatic heterocycles. The fourth-order valence-electron chi connectivity index (χ4n) is 4.02. The van der Waals surface area contributed by atoms with E-state index in [1.54, 1.807) is 29.2 Å². The van der Waals surface area contributed by atoms with Crippen LogP contribution in [-0.2, 0) is 25.7 Å². The minimum Gasteiger partial charge on any atom is -0.484 e. The second kappa shape index (κ2) is 11.0. The number of anilines is 1. The van der Waals surface area contributed by atoms with Crippen LogP contribution in [-0.4, -0.2) is 50.1 Å². The lowest BCUT2D eigenvalue weighted by atomic mass is 10.1. The molecule has 0 aliphatic carbocycles. The maximum atomic E-state index is 12.5. The monoisotopic (exact) mass is 451 g/mol. The Bertz CT molecular complexity index is 958. The van der Waals surface area contributed by atoms with Gasteiger partial charge in [0, 0.05) is 38.3 Å². The van der Waals surface area contributed by atoms with Crippen molar-refractivity contribution in [2.75, 3.05) is 31.2 Å². The van der Waals surface area contributed by atoms with Gasteiger partial charge in [0.05, 0.1) is 12.0 Å². The molecule has 0 spiro atoms. The van der Waals surface area contributed by atoms with Crippen molar-refractivity contribution < 1.29 is 23.9 Å². The van der Waals surface area contributed by atoms with Crippen molar-refractivity contribution in [1.29, 1.82) is 0 Å². The van der Waals surface area contributed by atoms with Gasteiger partial charge in [-0.05, 0) is 42.7 Å². The molecule has 0 radical (unpaired) electrons. The normalized spacial score (nSPS) is 20.0. The van der Waals surface area contributed by atoms with Crippen LogP contribution in [0, 0.1) is 5.92 Å². The van der Waals surface area contributed by atoms with Gasteiger partial charge in [0.1, 0.15) is 5.75 Å². The van der Waals surface area contributed by atoms with Crippen molar-refractivity contribution in [3.05, 3.63) is 60.2 Å². The summed E-state index contributed by atoms with van der Waals surface area (Å²) in [6, 6.07) is 16.6. The first kappa shape index (κ1) is 22.8. The third-order valence-electron chi connectivity index (χ3n) is 5.87. The molecule has 0 aromatic heterocycles. The highest BCUT2D eigenvalue weighted by Gasteiger charge is 2.35. The molecule has 2 N–H and O–H groups in total. The highest BCUT2D eigenvalue weighted by molar-refractivity contribution is 6.00. The fourth-order valence-corrected chi connectivity index (χ4v) is 4.02. The molecule has 2 aromatic rings. The van der Waals surface area contributed by atoms with E-state index in [0.29, 0.717) is 31.1 Å². The molecule has 2 heterocycles. The van der Waals surface area contributed by atoms with E-state index in [9.17, 15) is 14.4 Å². The summed E-state index contributed by atoms with van der Waals surface area (Å²) in [5, 5.41) is 5.73. The third kappa shape index (κ3) is 6.32. The number of nitrogens with one attached hydrogen (secondary N) is 2. The number of amides is 3. The molecular formula is C25H29N3O5. The molecule has 33 heavy (non-hydrogen) atoms. The molecule has 2 atom stereocenters. The van der Waals surface area contributed by atoms with E-state index in [1.165, 1.54) is 0 Å². The quantitative estimate of drug-likeness (QED) is 0.608. The van der Waals surface area contributed by atoms with E-state index >= 15 is 0 Å². The summed E-state index contributed by atoms with van der Waals surface area (Å²) >= 11 is 0. The second-order valence-corrected chi connectivity index (χ2v) is 8.33. The Hall–Kier alpha value is -3.39. The summed E-state index contributed by atoms with van der Waals surface area (Å²) in [6.45, 7) is 1.93. The molecule has 0 saturated carbocycles. The number of rotatable bonds is 9. The largest absolute Gasteiger partial charge is 0.484 e. The Kier molecular flexibility index (Phi) is 7.57. The van der Waals surface area contributed by atoms with Gasteiger partial charge in [-0.1, -0.05) is 30.3 Å². The SMILES string of the molecule is O=C(COc1ccc(N2C[C@H](C(=O)NC[C@@H]3CCCO3)CC2=O)cc1)NCc1ccccc1. The maximum Gasteiger partial charge on any atom is 0.258 e. The average molecular weight is 452 g/mol. The van der Waals surface area contributed by atoms with E-state index in [4.69, 9.17) is 9.47 Å². The summed E-state index contributed by atoms with van der Waals surface area (Å²) in [4.78, 5) is 38.6. The summed E-state index contributed by atoms with van der Waals surface area (Å²) in [5.74, 6) is -0.243. The number of hydrogen-bond acceptors (Lipinski definition) is 5. The zero-order valence-electron chi connectivity index (χ0n) is 18.5. The Morgan fingerprint density at radius 3 is 2.58 bits per heavy atom. The minimum atomic E-state index is -0.372. The van der Waals surface area contributed by atoms with Gasteiger partial charge in [-0.15, -0.1) is 0 Å². The number of hydrogen-bond donors (Lipinski definition) is 2. The average Bonchev–Trinajstić information content (AvgIpc) is 3.51. The summed E-state index contributed by atoms with van der Waals surface area (Å²) in [5.41, 5.74) is 1.72. The molecule has 0 bridgehead atoms.